The molecule has 0 bridgehead atoms. The number of carbonyl (C=O) groups excluding carboxylic acids is 3. The van der Waals surface area contributed by atoms with Crippen LogP contribution < -0.4 is 0 Å². The molecule has 2 heterocycles. The van der Waals surface area contributed by atoms with E-state index in [-0.39, 0.29) is 30.2 Å². The van der Waals surface area contributed by atoms with Crippen molar-refractivity contribution in [2.75, 3.05) is 39.4 Å². The van der Waals surface area contributed by atoms with Gasteiger partial charge in [0.15, 0.2) is 0 Å². The van der Waals surface area contributed by atoms with E-state index in [1.165, 1.54) is 0 Å². The third-order valence-electron chi connectivity index (χ3n) is 5.93. The van der Waals surface area contributed by atoms with Gasteiger partial charge < -0.3 is 29.1 Å². The summed E-state index contributed by atoms with van der Waals surface area (Å²) in [4.78, 5) is 39.1. The van der Waals surface area contributed by atoms with E-state index in [2.05, 4.69) is 0 Å². The largest absolute Gasteiger partial charge is 0.466 e. The van der Waals surface area contributed by atoms with Crippen LogP contribution in [0.2, 0.25) is 0 Å². The summed E-state index contributed by atoms with van der Waals surface area (Å²) < 4.78 is 15.8. The zero-order valence-electron chi connectivity index (χ0n) is 23.4. The molecule has 2 amide bonds. The molecule has 35 heavy (non-hydrogen) atoms. The number of hydrogen-bond acceptors (Lipinski definition) is 7. The Kier molecular flexibility index (Phi) is 10.9. The van der Waals surface area contributed by atoms with Crippen LogP contribution in [0, 0.1) is 10.8 Å². The summed E-state index contributed by atoms with van der Waals surface area (Å²) >= 11 is 0. The lowest BCUT2D eigenvalue weighted by Gasteiger charge is -2.39. The first-order valence-electron chi connectivity index (χ1n) is 12.7. The van der Waals surface area contributed by atoms with Gasteiger partial charge in [0.1, 0.15) is 11.2 Å². The van der Waals surface area contributed by atoms with Crippen molar-refractivity contribution in [1.29, 1.82) is 0 Å². The SMILES string of the molecule is CC1(CO)CCCN(C(=O)OC(C)(C)C)C1.CCOC(=O)C1(C)CCCN(C(=O)OC(C)(C)C)C1. The molecule has 2 aliphatic rings. The Labute approximate surface area is 211 Å². The van der Waals surface area contributed by atoms with Gasteiger partial charge in [0, 0.05) is 31.6 Å². The van der Waals surface area contributed by atoms with Crippen molar-refractivity contribution in [2.24, 2.45) is 10.8 Å². The highest BCUT2D eigenvalue weighted by Gasteiger charge is 2.41. The molecule has 1 N–H and O–H groups in total. The van der Waals surface area contributed by atoms with Crippen LogP contribution in [0.15, 0.2) is 0 Å². The summed E-state index contributed by atoms with van der Waals surface area (Å²) in [5, 5.41) is 9.30. The fourth-order valence-corrected chi connectivity index (χ4v) is 4.12. The smallest absolute Gasteiger partial charge is 0.410 e. The number of piperidine rings is 2. The molecule has 0 aliphatic carbocycles. The Morgan fingerprint density at radius 2 is 1.29 bits per heavy atom. The Morgan fingerprint density at radius 1 is 0.829 bits per heavy atom. The van der Waals surface area contributed by atoms with Gasteiger partial charge in [0.05, 0.1) is 18.6 Å². The standard InChI is InChI=1S/C14H25NO4.C12H23NO3/c1-6-18-11(16)14(5)8-7-9-15(10-14)12(17)19-13(2,3)4;1-11(2,3)16-10(15)13-7-5-6-12(4,8-13)9-14/h6-10H2,1-5H3;14H,5-9H2,1-4H3. The average molecular weight is 501 g/mol. The first-order chi connectivity index (χ1) is 15.9. The highest BCUT2D eigenvalue weighted by Crippen LogP contribution is 2.32. The van der Waals surface area contributed by atoms with Crippen molar-refractivity contribution >= 4 is 18.2 Å². The number of esters is 1. The van der Waals surface area contributed by atoms with E-state index in [0.29, 0.717) is 26.2 Å². The zero-order chi connectivity index (χ0) is 27.1. The molecule has 2 aliphatic heterocycles. The van der Waals surface area contributed by atoms with Gasteiger partial charge in [-0.15, -0.1) is 0 Å². The molecule has 2 atom stereocenters. The maximum Gasteiger partial charge on any atom is 0.410 e. The van der Waals surface area contributed by atoms with E-state index >= 15 is 0 Å². The van der Waals surface area contributed by atoms with Crippen molar-refractivity contribution in [1.82, 2.24) is 9.80 Å². The van der Waals surface area contributed by atoms with Crippen LogP contribution in [0.5, 0.6) is 0 Å². The predicted molar refractivity (Wildman–Crippen MR) is 134 cm³/mol. The van der Waals surface area contributed by atoms with E-state index < -0.39 is 16.6 Å². The third kappa shape index (κ3) is 10.6. The summed E-state index contributed by atoms with van der Waals surface area (Å²) in [6.45, 7) is 19.5. The molecular weight excluding hydrogens is 452 g/mol. The lowest BCUT2D eigenvalue weighted by atomic mass is 9.82. The summed E-state index contributed by atoms with van der Waals surface area (Å²) in [5.74, 6) is -0.233. The molecule has 0 spiro atoms. The van der Waals surface area contributed by atoms with Gasteiger partial charge in [-0.05, 0) is 81.1 Å². The van der Waals surface area contributed by atoms with Crippen molar-refractivity contribution in [3.05, 3.63) is 0 Å². The molecule has 2 fully saturated rings. The number of nitrogens with zero attached hydrogens (tertiary/aromatic N) is 2. The minimum atomic E-state index is -0.620. The van der Waals surface area contributed by atoms with E-state index in [1.54, 1.807) is 16.7 Å². The summed E-state index contributed by atoms with van der Waals surface area (Å²) in [7, 11) is 0. The van der Waals surface area contributed by atoms with E-state index in [1.807, 2.05) is 55.4 Å². The summed E-state index contributed by atoms with van der Waals surface area (Å²) in [6, 6.07) is 0. The molecular formula is C26H48N2O7. The van der Waals surface area contributed by atoms with Crippen LogP contribution in [-0.2, 0) is 19.0 Å². The second-order valence-corrected chi connectivity index (χ2v) is 12.3. The van der Waals surface area contributed by atoms with Gasteiger partial charge in [-0.3, -0.25) is 4.79 Å². The molecule has 0 saturated carbocycles. The van der Waals surface area contributed by atoms with Crippen molar-refractivity contribution in [3.8, 4) is 0 Å². The van der Waals surface area contributed by atoms with Crippen LogP contribution in [0.25, 0.3) is 0 Å². The van der Waals surface area contributed by atoms with E-state index in [9.17, 15) is 19.5 Å². The van der Waals surface area contributed by atoms with Gasteiger partial charge in [0.25, 0.3) is 0 Å². The lowest BCUT2D eigenvalue weighted by molar-refractivity contribution is -0.157. The third-order valence-corrected chi connectivity index (χ3v) is 5.93. The summed E-state index contributed by atoms with van der Waals surface area (Å²) in [5.41, 5.74) is -1.76. The molecule has 2 saturated heterocycles. The number of hydrogen-bond donors (Lipinski definition) is 1. The molecule has 204 valence electrons. The number of likely N-dealkylation sites (tertiary alicyclic amines) is 2. The van der Waals surface area contributed by atoms with Gasteiger partial charge >= 0.3 is 18.2 Å². The molecule has 2 rings (SSSR count). The number of aliphatic hydroxyl groups excluding tert-OH is 1. The molecule has 0 aromatic rings. The monoisotopic (exact) mass is 500 g/mol. The average Bonchev–Trinajstić information content (AvgIpc) is 2.72. The van der Waals surface area contributed by atoms with E-state index in [4.69, 9.17) is 14.2 Å². The molecule has 9 nitrogen and oxygen atoms in total. The maximum atomic E-state index is 12.0. The fourth-order valence-electron chi connectivity index (χ4n) is 4.12. The second kappa shape index (κ2) is 12.3. The van der Waals surface area contributed by atoms with Gasteiger partial charge in [0.2, 0.25) is 0 Å². The fraction of sp³-hybridized carbons (Fsp3) is 0.885. The van der Waals surface area contributed by atoms with Crippen LogP contribution in [-0.4, -0.2) is 83.7 Å². The lowest BCUT2D eigenvalue weighted by Crippen LogP contribution is -2.50. The molecule has 2 unspecified atom stereocenters. The topological polar surface area (TPSA) is 106 Å². The molecule has 0 radical (unpaired) electrons. The Morgan fingerprint density at radius 3 is 1.71 bits per heavy atom. The van der Waals surface area contributed by atoms with Crippen molar-refractivity contribution < 1.29 is 33.7 Å². The number of rotatable bonds is 3. The summed E-state index contributed by atoms with van der Waals surface area (Å²) in [6.07, 6.45) is 2.79. The van der Waals surface area contributed by atoms with Crippen molar-refractivity contribution in [2.45, 2.75) is 99.2 Å². The number of ether oxygens (including phenoxy) is 3. The van der Waals surface area contributed by atoms with Crippen LogP contribution in [0.4, 0.5) is 9.59 Å². The van der Waals surface area contributed by atoms with E-state index in [0.717, 1.165) is 32.2 Å². The van der Waals surface area contributed by atoms with Crippen LogP contribution >= 0.6 is 0 Å². The van der Waals surface area contributed by atoms with Gasteiger partial charge in [-0.25, -0.2) is 9.59 Å². The normalized spacial score (nSPS) is 25.2. The number of amides is 2. The minimum Gasteiger partial charge on any atom is -0.466 e. The Hall–Kier alpha value is -2.03. The quantitative estimate of drug-likeness (QED) is 0.446. The molecule has 9 heteroatoms. The predicted octanol–water partition coefficient (Wildman–Crippen LogP) is 4.60. The van der Waals surface area contributed by atoms with Crippen LogP contribution in [0.3, 0.4) is 0 Å². The minimum absolute atomic E-state index is 0.117. The Balaban J connectivity index is 0.000000355. The molecule has 0 aromatic heterocycles. The van der Waals surface area contributed by atoms with Crippen molar-refractivity contribution in [3.63, 3.8) is 0 Å². The first-order valence-corrected chi connectivity index (χ1v) is 12.7. The molecule has 0 aromatic carbocycles. The number of carbonyl (C=O) groups is 3. The van der Waals surface area contributed by atoms with Gasteiger partial charge in [-0.2, -0.15) is 0 Å². The highest BCUT2D eigenvalue weighted by atomic mass is 16.6. The first kappa shape index (κ1) is 31.0. The zero-order valence-corrected chi connectivity index (χ0v) is 23.4. The Bertz CT molecular complexity index is 728. The maximum absolute atomic E-state index is 12.0. The van der Waals surface area contributed by atoms with Gasteiger partial charge in [-0.1, -0.05) is 6.92 Å². The van der Waals surface area contributed by atoms with Crippen LogP contribution in [0.1, 0.15) is 88.0 Å². The highest BCUT2D eigenvalue weighted by molar-refractivity contribution is 5.78. The second-order valence-electron chi connectivity index (χ2n) is 12.3. The number of aliphatic hydroxyl groups is 1.